The molecule has 5 atom stereocenters. The van der Waals surface area contributed by atoms with Gasteiger partial charge in [-0.1, -0.05) is 48.5 Å². The van der Waals surface area contributed by atoms with E-state index >= 15 is 0 Å². The first-order valence-corrected chi connectivity index (χ1v) is 15.3. The third-order valence-corrected chi connectivity index (χ3v) is 9.33. The Morgan fingerprint density at radius 2 is 1.81 bits per heavy atom. The number of thioether (sulfide) groups is 1. The largest absolute Gasteiger partial charge is 0.490 e. The molecule has 1 aromatic heterocycles. The number of fused-ring (bicyclic) bond motifs is 1. The summed E-state index contributed by atoms with van der Waals surface area (Å²) < 4.78 is 10.1. The van der Waals surface area contributed by atoms with Gasteiger partial charge < -0.3 is 34.9 Å². The third-order valence-electron chi connectivity index (χ3n) is 7.96. The van der Waals surface area contributed by atoms with Crippen molar-refractivity contribution in [2.24, 2.45) is 5.92 Å². The molecule has 1 fully saturated rings. The number of aliphatic hydroxyl groups excluding tert-OH is 2. The Hall–Kier alpha value is -3.80. The number of hydrogen-bond acceptors (Lipinski definition) is 8. The number of furan rings is 1. The van der Waals surface area contributed by atoms with Crippen LogP contribution in [0.1, 0.15) is 43.0 Å². The molecule has 3 amide bonds. The lowest BCUT2D eigenvalue weighted by molar-refractivity contribution is -0.147. The number of ether oxygens (including phenoxy) is 1. The Morgan fingerprint density at radius 3 is 2.56 bits per heavy atom. The maximum Gasteiger partial charge on any atom is 0.252 e. The van der Waals surface area contributed by atoms with Crippen molar-refractivity contribution in [1.29, 1.82) is 0 Å². The topological polar surface area (TPSA) is 141 Å². The van der Waals surface area contributed by atoms with E-state index < -0.39 is 46.8 Å². The summed E-state index contributed by atoms with van der Waals surface area (Å²) in [5.74, 6) is -1.32. The monoisotopic (exact) mass is 607 g/mol. The molecule has 11 heteroatoms. The maximum atomic E-state index is 13.7. The van der Waals surface area contributed by atoms with Gasteiger partial charge in [-0.3, -0.25) is 14.4 Å². The van der Waals surface area contributed by atoms with Crippen molar-refractivity contribution in [2.45, 2.75) is 62.3 Å². The van der Waals surface area contributed by atoms with E-state index in [1.165, 1.54) is 29.2 Å². The first-order chi connectivity index (χ1) is 20.6. The van der Waals surface area contributed by atoms with Crippen LogP contribution in [0.15, 0.2) is 77.6 Å². The second-order valence-electron chi connectivity index (χ2n) is 11.5. The van der Waals surface area contributed by atoms with E-state index in [1.54, 1.807) is 24.3 Å². The number of aliphatic hydroxyl groups is 2. The van der Waals surface area contributed by atoms with Crippen molar-refractivity contribution in [2.75, 3.05) is 12.5 Å². The first kappa shape index (κ1) is 30.7. The number of carbonyl (C=O) groups is 3. The van der Waals surface area contributed by atoms with Gasteiger partial charge in [-0.2, -0.15) is 0 Å². The molecule has 1 saturated heterocycles. The number of rotatable bonds is 10. The molecule has 2 aliphatic rings. The van der Waals surface area contributed by atoms with Crippen LogP contribution < -0.4 is 15.4 Å². The summed E-state index contributed by atoms with van der Waals surface area (Å²) in [4.78, 5) is 42.1. The Morgan fingerprint density at radius 1 is 1.07 bits per heavy atom. The molecule has 4 N–H and O–H groups in total. The minimum absolute atomic E-state index is 0.0267. The van der Waals surface area contributed by atoms with Crippen LogP contribution in [0.5, 0.6) is 5.75 Å². The van der Waals surface area contributed by atoms with Gasteiger partial charge in [0.25, 0.3) is 5.91 Å². The number of para-hydroxylation sites is 1. The Labute approximate surface area is 254 Å². The van der Waals surface area contributed by atoms with Gasteiger partial charge in [-0.05, 0) is 44.4 Å². The molecule has 2 aliphatic heterocycles. The van der Waals surface area contributed by atoms with Gasteiger partial charge in [0.2, 0.25) is 11.8 Å². The lowest BCUT2D eigenvalue weighted by atomic mass is 9.90. The average molecular weight is 608 g/mol. The summed E-state index contributed by atoms with van der Waals surface area (Å²) in [6.45, 7) is 4.06. The minimum Gasteiger partial charge on any atom is -0.490 e. The van der Waals surface area contributed by atoms with Crippen LogP contribution in [-0.2, 0) is 27.3 Å². The summed E-state index contributed by atoms with van der Waals surface area (Å²) in [7, 11) is 0. The molecule has 228 valence electrons. The Balaban J connectivity index is 1.32. The predicted octanol–water partition coefficient (Wildman–Crippen LogP) is 2.80. The standard InChI is InChI=1S/C32H37N3O7S/c1-32(2)28(30(39)33-16-21-12-13-41-17-21)35(19-43-32)31(40)24(36)15-22(14-20-8-4-3-5-9-20)29(38)34-27-23-10-6-7-11-26(23)42-18-25(27)37/h3-13,17,22,24-25,27-28,36-37H,14-16,18-19H2,1-2H3,(H,33,39)(H,34,38)/t22-,24+,25-,27+,28-/m1/s1. The first-order valence-electron chi connectivity index (χ1n) is 14.3. The molecule has 5 rings (SSSR count). The number of benzene rings is 2. The number of nitrogens with zero attached hydrogens (tertiary/aromatic N) is 1. The SMILES string of the molecule is CC1(C)SCN(C(=O)[C@@H](O)C[C@@H](Cc2ccccc2)C(=O)N[C@H]2c3ccccc3OC[C@H]2O)[C@@H]1C(=O)NCc1ccoc1. The molecule has 0 unspecified atom stereocenters. The van der Waals surface area contributed by atoms with E-state index in [1.807, 2.05) is 50.2 Å². The maximum absolute atomic E-state index is 13.7. The van der Waals surface area contributed by atoms with Crippen molar-refractivity contribution in [1.82, 2.24) is 15.5 Å². The molecule has 3 aromatic rings. The zero-order valence-electron chi connectivity index (χ0n) is 24.1. The molecule has 0 aliphatic carbocycles. The number of hydrogen-bond donors (Lipinski definition) is 4. The van der Waals surface area contributed by atoms with E-state index in [0.717, 1.165) is 11.1 Å². The van der Waals surface area contributed by atoms with E-state index in [2.05, 4.69) is 10.6 Å². The Kier molecular flexibility index (Phi) is 9.43. The molecule has 43 heavy (non-hydrogen) atoms. The fourth-order valence-electron chi connectivity index (χ4n) is 5.63. The summed E-state index contributed by atoms with van der Waals surface area (Å²) in [5, 5.41) is 27.8. The highest BCUT2D eigenvalue weighted by Crippen LogP contribution is 2.40. The van der Waals surface area contributed by atoms with Crippen LogP contribution in [-0.4, -0.2) is 68.3 Å². The minimum atomic E-state index is -1.52. The fourth-order valence-corrected chi connectivity index (χ4v) is 6.77. The van der Waals surface area contributed by atoms with E-state index in [9.17, 15) is 24.6 Å². The third kappa shape index (κ3) is 7.06. The highest BCUT2D eigenvalue weighted by molar-refractivity contribution is 8.00. The zero-order valence-corrected chi connectivity index (χ0v) is 25.0. The second kappa shape index (κ2) is 13.2. The van der Waals surface area contributed by atoms with Gasteiger partial charge in [0.1, 0.15) is 30.6 Å². The molecule has 0 spiro atoms. The van der Waals surface area contributed by atoms with Crippen molar-refractivity contribution >= 4 is 29.5 Å². The summed E-state index contributed by atoms with van der Waals surface area (Å²) >= 11 is 1.45. The van der Waals surface area contributed by atoms with Crippen LogP contribution in [0.4, 0.5) is 0 Å². The van der Waals surface area contributed by atoms with Crippen LogP contribution in [0.25, 0.3) is 0 Å². The lowest BCUT2D eigenvalue weighted by Gasteiger charge is -2.33. The van der Waals surface area contributed by atoms with Crippen LogP contribution in [0, 0.1) is 5.92 Å². The Bertz CT molecular complexity index is 1420. The molecule has 10 nitrogen and oxygen atoms in total. The molecule has 3 heterocycles. The van der Waals surface area contributed by atoms with Gasteiger partial charge in [0.05, 0.1) is 24.4 Å². The smallest absolute Gasteiger partial charge is 0.252 e. The van der Waals surface area contributed by atoms with Gasteiger partial charge in [0.15, 0.2) is 0 Å². The van der Waals surface area contributed by atoms with E-state index in [4.69, 9.17) is 9.15 Å². The molecule has 0 saturated carbocycles. The predicted molar refractivity (Wildman–Crippen MR) is 161 cm³/mol. The summed E-state index contributed by atoms with van der Waals surface area (Å²) in [6.07, 6.45) is 0.681. The van der Waals surface area contributed by atoms with Crippen LogP contribution in [0.3, 0.4) is 0 Å². The molecular weight excluding hydrogens is 570 g/mol. The highest BCUT2D eigenvalue weighted by Gasteiger charge is 2.49. The zero-order chi connectivity index (χ0) is 30.6. The number of carbonyl (C=O) groups excluding carboxylic acids is 3. The quantitative estimate of drug-likeness (QED) is 0.276. The summed E-state index contributed by atoms with van der Waals surface area (Å²) in [6, 6.07) is 16.8. The lowest BCUT2D eigenvalue weighted by Crippen LogP contribution is -2.55. The molecular formula is C32H37N3O7S. The molecule has 0 radical (unpaired) electrons. The van der Waals surface area contributed by atoms with Crippen molar-refractivity contribution in [3.8, 4) is 5.75 Å². The second-order valence-corrected chi connectivity index (χ2v) is 13.1. The van der Waals surface area contributed by atoms with Gasteiger partial charge in [-0.15, -0.1) is 11.8 Å². The number of nitrogens with one attached hydrogen (secondary N) is 2. The fraction of sp³-hybridized carbons (Fsp3) is 0.406. The van der Waals surface area contributed by atoms with E-state index in [0.29, 0.717) is 11.3 Å². The van der Waals surface area contributed by atoms with Gasteiger partial charge >= 0.3 is 0 Å². The molecule has 0 bridgehead atoms. The van der Waals surface area contributed by atoms with Crippen molar-refractivity contribution in [3.63, 3.8) is 0 Å². The van der Waals surface area contributed by atoms with Gasteiger partial charge in [0, 0.05) is 28.3 Å². The van der Waals surface area contributed by atoms with Crippen LogP contribution in [0.2, 0.25) is 0 Å². The summed E-state index contributed by atoms with van der Waals surface area (Å²) in [5.41, 5.74) is 2.32. The highest BCUT2D eigenvalue weighted by atomic mass is 32.2. The van der Waals surface area contributed by atoms with Gasteiger partial charge in [-0.25, -0.2) is 0 Å². The number of amides is 3. The van der Waals surface area contributed by atoms with Crippen molar-refractivity contribution < 1.29 is 33.8 Å². The molecule has 2 aromatic carbocycles. The van der Waals surface area contributed by atoms with Crippen molar-refractivity contribution in [3.05, 3.63) is 89.9 Å². The normalized spacial score (nSPS) is 22.1. The average Bonchev–Trinajstić information content (AvgIpc) is 3.64. The van der Waals surface area contributed by atoms with E-state index in [-0.39, 0.29) is 37.8 Å². The van der Waals surface area contributed by atoms with Crippen LogP contribution >= 0.6 is 11.8 Å².